The van der Waals surface area contributed by atoms with Crippen LogP contribution in [-0.2, 0) is 0 Å². The normalized spacial score (nSPS) is 21.9. The fraction of sp³-hybridized carbons (Fsp3) is 0.632. The maximum Gasteiger partial charge on any atom is 0.170 e. The molecule has 0 radical (unpaired) electrons. The molecule has 1 aliphatic heterocycles. The molecule has 2 N–H and O–H groups in total. The van der Waals surface area contributed by atoms with Crippen molar-refractivity contribution in [3.05, 3.63) is 29.3 Å². The van der Waals surface area contributed by atoms with E-state index in [1.54, 1.807) is 0 Å². The van der Waals surface area contributed by atoms with E-state index in [0.29, 0.717) is 0 Å². The molecule has 0 saturated carbocycles. The topological polar surface area (TPSA) is 27.3 Å². The van der Waals surface area contributed by atoms with Crippen LogP contribution in [0, 0.1) is 25.7 Å². The number of hydrogen-bond acceptors (Lipinski definition) is 2. The number of anilines is 1. The number of aryl methyl sites for hydroxylation is 2. The average Bonchev–Trinajstić information content (AvgIpc) is 2.46. The first-order chi connectivity index (χ1) is 10.9. The van der Waals surface area contributed by atoms with Gasteiger partial charge in [-0.1, -0.05) is 26.0 Å². The van der Waals surface area contributed by atoms with Crippen LogP contribution in [0.25, 0.3) is 0 Å². The first-order valence-electron chi connectivity index (χ1n) is 8.78. The molecule has 1 saturated heterocycles. The van der Waals surface area contributed by atoms with Gasteiger partial charge in [-0.15, -0.1) is 0 Å². The van der Waals surface area contributed by atoms with Crippen molar-refractivity contribution in [2.24, 2.45) is 11.8 Å². The summed E-state index contributed by atoms with van der Waals surface area (Å²) in [6.07, 6.45) is 2.51. The molecule has 2 atom stereocenters. The summed E-state index contributed by atoms with van der Waals surface area (Å²) in [4.78, 5) is 2.60. The largest absolute Gasteiger partial charge is 0.362 e. The van der Waals surface area contributed by atoms with E-state index in [1.165, 1.54) is 30.6 Å². The first-order valence-corrected chi connectivity index (χ1v) is 9.19. The highest BCUT2D eigenvalue weighted by molar-refractivity contribution is 7.80. The Hall–Kier alpha value is -1.13. The van der Waals surface area contributed by atoms with E-state index in [2.05, 4.69) is 61.4 Å². The lowest BCUT2D eigenvalue weighted by Gasteiger charge is -2.35. The molecule has 0 bridgehead atoms. The maximum atomic E-state index is 5.41. The first kappa shape index (κ1) is 18.2. The van der Waals surface area contributed by atoms with Gasteiger partial charge in [0.1, 0.15) is 0 Å². The van der Waals surface area contributed by atoms with Crippen molar-refractivity contribution in [2.45, 2.75) is 40.5 Å². The van der Waals surface area contributed by atoms with Crippen LogP contribution < -0.4 is 10.6 Å². The molecule has 128 valence electrons. The number of piperidine rings is 1. The van der Waals surface area contributed by atoms with Crippen molar-refractivity contribution in [1.29, 1.82) is 0 Å². The Morgan fingerprint density at radius 3 is 2.61 bits per heavy atom. The summed E-state index contributed by atoms with van der Waals surface area (Å²) in [6, 6.07) is 6.39. The summed E-state index contributed by atoms with van der Waals surface area (Å²) in [7, 11) is 0. The van der Waals surface area contributed by atoms with E-state index in [4.69, 9.17) is 12.2 Å². The smallest absolute Gasteiger partial charge is 0.170 e. The third kappa shape index (κ3) is 6.11. The molecule has 1 aromatic rings. The number of nitrogens with zero attached hydrogens (tertiary/aromatic N) is 1. The van der Waals surface area contributed by atoms with Gasteiger partial charge in [-0.3, -0.25) is 0 Å². The van der Waals surface area contributed by atoms with E-state index in [-0.39, 0.29) is 0 Å². The number of nitrogens with one attached hydrogen (secondary N) is 2. The Bertz CT molecular complexity index is 519. The molecule has 0 unspecified atom stereocenters. The molecule has 1 heterocycles. The quantitative estimate of drug-likeness (QED) is 0.630. The zero-order valence-electron chi connectivity index (χ0n) is 15.0. The maximum absolute atomic E-state index is 5.41. The van der Waals surface area contributed by atoms with Gasteiger partial charge >= 0.3 is 0 Å². The summed E-state index contributed by atoms with van der Waals surface area (Å²) >= 11 is 5.41. The van der Waals surface area contributed by atoms with Gasteiger partial charge in [-0.2, -0.15) is 0 Å². The standard InChI is InChI=1S/C19H31N3S/c1-14-6-7-17(4)18(11-14)21-19(23)20-8-5-9-22-12-15(2)10-16(3)13-22/h6-7,11,15-16H,5,8-10,12-13H2,1-4H3,(H2,20,21,23)/t15-,16-/m0/s1. The Labute approximate surface area is 146 Å². The lowest BCUT2D eigenvalue weighted by Crippen LogP contribution is -2.40. The number of likely N-dealkylation sites (tertiary alicyclic amines) is 1. The molecular formula is C19H31N3S. The second kappa shape index (κ2) is 8.65. The molecule has 1 aromatic carbocycles. The summed E-state index contributed by atoms with van der Waals surface area (Å²) in [5.74, 6) is 1.66. The molecule has 1 aliphatic rings. The predicted octanol–water partition coefficient (Wildman–Crippen LogP) is 3.96. The van der Waals surface area contributed by atoms with Gasteiger partial charge in [0.25, 0.3) is 0 Å². The van der Waals surface area contributed by atoms with Crippen molar-refractivity contribution < 1.29 is 0 Å². The van der Waals surface area contributed by atoms with Gasteiger partial charge in [0, 0.05) is 25.3 Å². The van der Waals surface area contributed by atoms with Crippen molar-refractivity contribution in [2.75, 3.05) is 31.5 Å². The van der Waals surface area contributed by atoms with E-state index in [9.17, 15) is 0 Å². The number of thiocarbonyl (C=S) groups is 1. The molecule has 23 heavy (non-hydrogen) atoms. The summed E-state index contributed by atoms with van der Waals surface area (Å²) < 4.78 is 0. The van der Waals surface area contributed by atoms with Crippen LogP contribution in [0.15, 0.2) is 18.2 Å². The zero-order valence-corrected chi connectivity index (χ0v) is 15.8. The zero-order chi connectivity index (χ0) is 16.8. The fourth-order valence-electron chi connectivity index (χ4n) is 3.52. The lowest BCUT2D eigenvalue weighted by molar-refractivity contribution is 0.140. The molecule has 0 spiro atoms. The van der Waals surface area contributed by atoms with Gasteiger partial charge in [-0.05, 0) is 74.5 Å². The van der Waals surface area contributed by atoms with Crippen LogP contribution in [0.5, 0.6) is 0 Å². The van der Waals surface area contributed by atoms with Crippen molar-refractivity contribution >= 4 is 23.0 Å². The Morgan fingerprint density at radius 2 is 1.91 bits per heavy atom. The van der Waals surface area contributed by atoms with Gasteiger partial charge in [0.15, 0.2) is 5.11 Å². The number of rotatable bonds is 5. The third-order valence-corrected chi connectivity index (χ3v) is 4.77. The molecule has 0 aliphatic carbocycles. The SMILES string of the molecule is Cc1ccc(C)c(NC(=S)NCCCN2C[C@@H](C)C[C@H](C)C2)c1. The predicted molar refractivity (Wildman–Crippen MR) is 104 cm³/mol. The number of hydrogen-bond donors (Lipinski definition) is 2. The van der Waals surface area contributed by atoms with Gasteiger partial charge < -0.3 is 15.5 Å². The van der Waals surface area contributed by atoms with Crippen LogP contribution in [-0.4, -0.2) is 36.2 Å². The third-order valence-electron chi connectivity index (χ3n) is 4.52. The summed E-state index contributed by atoms with van der Waals surface area (Å²) in [6.45, 7) is 13.5. The van der Waals surface area contributed by atoms with Crippen molar-refractivity contribution in [3.63, 3.8) is 0 Å². The fourth-order valence-corrected chi connectivity index (χ4v) is 3.73. The highest BCUT2D eigenvalue weighted by Gasteiger charge is 2.20. The highest BCUT2D eigenvalue weighted by atomic mass is 32.1. The Balaban J connectivity index is 1.68. The monoisotopic (exact) mass is 333 g/mol. The van der Waals surface area contributed by atoms with E-state index >= 15 is 0 Å². The second-order valence-corrected chi connectivity index (χ2v) is 7.67. The molecule has 2 rings (SSSR count). The van der Waals surface area contributed by atoms with Crippen LogP contribution in [0.3, 0.4) is 0 Å². The van der Waals surface area contributed by atoms with E-state index in [0.717, 1.165) is 42.1 Å². The van der Waals surface area contributed by atoms with Crippen molar-refractivity contribution in [1.82, 2.24) is 10.2 Å². The molecule has 4 heteroatoms. The van der Waals surface area contributed by atoms with Gasteiger partial charge in [0.2, 0.25) is 0 Å². The van der Waals surface area contributed by atoms with E-state index in [1.807, 2.05) is 0 Å². The van der Waals surface area contributed by atoms with E-state index < -0.39 is 0 Å². The molecule has 0 aromatic heterocycles. The minimum atomic E-state index is 0.721. The molecular weight excluding hydrogens is 302 g/mol. The molecule has 1 fully saturated rings. The minimum Gasteiger partial charge on any atom is -0.362 e. The van der Waals surface area contributed by atoms with Crippen LogP contribution >= 0.6 is 12.2 Å². The summed E-state index contributed by atoms with van der Waals surface area (Å²) in [5.41, 5.74) is 3.56. The highest BCUT2D eigenvalue weighted by Crippen LogP contribution is 2.20. The Morgan fingerprint density at radius 1 is 1.22 bits per heavy atom. The van der Waals surface area contributed by atoms with Crippen LogP contribution in [0.4, 0.5) is 5.69 Å². The molecule has 3 nitrogen and oxygen atoms in total. The van der Waals surface area contributed by atoms with Gasteiger partial charge in [-0.25, -0.2) is 0 Å². The summed E-state index contributed by atoms with van der Waals surface area (Å²) in [5, 5.41) is 7.37. The average molecular weight is 334 g/mol. The molecule has 0 amide bonds. The van der Waals surface area contributed by atoms with Crippen LogP contribution in [0.2, 0.25) is 0 Å². The second-order valence-electron chi connectivity index (χ2n) is 7.26. The minimum absolute atomic E-state index is 0.721. The van der Waals surface area contributed by atoms with Gasteiger partial charge in [0.05, 0.1) is 0 Å². The Kier molecular flexibility index (Phi) is 6.85. The van der Waals surface area contributed by atoms with Crippen LogP contribution in [0.1, 0.15) is 37.8 Å². The van der Waals surface area contributed by atoms with Crippen molar-refractivity contribution in [3.8, 4) is 0 Å². The lowest BCUT2D eigenvalue weighted by atomic mass is 9.92. The number of benzene rings is 1.